The molecule has 1 saturated heterocycles. The van der Waals surface area contributed by atoms with Crippen LogP contribution in [0.1, 0.15) is 11.6 Å². The third-order valence-corrected chi connectivity index (χ3v) is 4.11. The van der Waals surface area contributed by atoms with Crippen molar-refractivity contribution in [2.45, 2.75) is 12.1 Å². The second-order valence-electron chi connectivity index (χ2n) is 5.07. The van der Waals surface area contributed by atoms with Crippen LogP contribution in [-0.2, 0) is 4.79 Å². The fourth-order valence-corrected chi connectivity index (χ4v) is 2.94. The van der Waals surface area contributed by atoms with Gasteiger partial charge in [0.15, 0.2) is 0 Å². The topological polar surface area (TPSA) is 29.5 Å². The standard InChI is InChI=1S/C17H15Cl2NO2/c18-10-11-20-15(12-6-8-13(19)9-7-12)16(17(20)21)22-14-4-2-1-3-5-14/h1-9,15-16H,10-11H2/t15-,16+/m1/s1. The summed E-state index contributed by atoms with van der Waals surface area (Å²) in [7, 11) is 0. The summed E-state index contributed by atoms with van der Waals surface area (Å²) in [5, 5.41) is 0.666. The first-order valence-corrected chi connectivity index (χ1v) is 7.95. The first-order valence-electron chi connectivity index (χ1n) is 7.04. The Morgan fingerprint density at radius 2 is 1.73 bits per heavy atom. The molecule has 0 radical (unpaired) electrons. The van der Waals surface area contributed by atoms with E-state index in [0.717, 1.165) is 5.56 Å². The maximum absolute atomic E-state index is 12.3. The van der Waals surface area contributed by atoms with Crippen LogP contribution in [0.4, 0.5) is 0 Å². The second kappa shape index (κ2) is 6.59. The molecule has 114 valence electrons. The first kappa shape index (κ1) is 15.2. The van der Waals surface area contributed by atoms with E-state index in [9.17, 15) is 4.79 Å². The van der Waals surface area contributed by atoms with Crippen LogP contribution >= 0.6 is 23.2 Å². The van der Waals surface area contributed by atoms with Gasteiger partial charge in [0, 0.05) is 17.4 Å². The van der Waals surface area contributed by atoms with Gasteiger partial charge in [0.05, 0.1) is 0 Å². The smallest absolute Gasteiger partial charge is 0.266 e. The van der Waals surface area contributed by atoms with Gasteiger partial charge in [0.25, 0.3) is 5.91 Å². The molecule has 0 N–H and O–H groups in total. The van der Waals surface area contributed by atoms with Crippen LogP contribution in [-0.4, -0.2) is 29.3 Å². The van der Waals surface area contributed by atoms with Crippen molar-refractivity contribution in [3.63, 3.8) is 0 Å². The Morgan fingerprint density at radius 3 is 2.36 bits per heavy atom. The van der Waals surface area contributed by atoms with Crippen molar-refractivity contribution in [1.29, 1.82) is 0 Å². The van der Waals surface area contributed by atoms with E-state index in [1.54, 1.807) is 4.90 Å². The van der Waals surface area contributed by atoms with Crippen LogP contribution in [0.3, 0.4) is 0 Å². The number of carbonyl (C=O) groups is 1. The zero-order valence-electron chi connectivity index (χ0n) is 11.8. The highest BCUT2D eigenvalue weighted by Crippen LogP contribution is 2.37. The molecule has 2 aromatic rings. The number of rotatable bonds is 5. The van der Waals surface area contributed by atoms with Gasteiger partial charge in [-0.1, -0.05) is 41.9 Å². The van der Waals surface area contributed by atoms with E-state index in [2.05, 4.69) is 0 Å². The fraction of sp³-hybridized carbons (Fsp3) is 0.235. The molecule has 0 bridgehead atoms. The number of hydrogen-bond acceptors (Lipinski definition) is 2. The molecule has 1 fully saturated rings. The predicted octanol–water partition coefficient (Wildman–Crippen LogP) is 3.91. The molecule has 22 heavy (non-hydrogen) atoms. The molecule has 5 heteroatoms. The van der Waals surface area contributed by atoms with Crippen molar-refractivity contribution in [3.05, 3.63) is 65.2 Å². The molecular formula is C17H15Cl2NO2. The Bertz CT molecular complexity index is 645. The van der Waals surface area contributed by atoms with Gasteiger partial charge in [0.1, 0.15) is 11.8 Å². The molecule has 1 aliphatic rings. The highest BCUT2D eigenvalue weighted by Gasteiger charge is 2.49. The van der Waals surface area contributed by atoms with Gasteiger partial charge in [-0.25, -0.2) is 0 Å². The molecule has 0 aromatic heterocycles. The van der Waals surface area contributed by atoms with Crippen LogP contribution < -0.4 is 4.74 Å². The average Bonchev–Trinajstić information content (AvgIpc) is 2.55. The average molecular weight is 336 g/mol. The fourth-order valence-electron chi connectivity index (χ4n) is 2.63. The quantitative estimate of drug-likeness (QED) is 0.612. The lowest BCUT2D eigenvalue weighted by Gasteiger charge is -2.46. The summed E-state index contributed by atoms with van der Waals surface area (Å²) in [6.45, 7) is 0.502. The number of para-hydroxylation sites is 1. The minimum Gasteiger partial charge on any atom is -0.478 e. The number of halogens is 2. The summed E-state index contributed by atoms with van der Waals surface area (Å²) < 4.78 is 5.87. The summed E-state index contributed by atoms with van der Waals surface area (Å²) in [6.07, 6.45) is -0.521. The summed E-state index contributed by atoms with van der Waals surface area (Å²) in [6, 6.07) is 16.7. The minimum absolute atomic E-state index is 0.0375. The molecule has 0 spiro atoms. The van der Waals surface area contributed by atoms with Gasteiger partial charge in [-0.15, -0.1) is 11.6 Å². The zero-order valence-corrected chi connectivity index (χ0v) is 13.3. The molecule has 2 aromatic carbocycles. The summed E-state index contributed by atoms with van der Waals surface area (Å²) in [5.41, 5.74) is 0.995. The molecule has 1 amide bonds. The van der Waals surface area contributed by atoms with Crippen LogP contribution in [0.15, 0.2) is 54.6 Å². The highest BCUT2D eigenvalue weighted by atomic mass is 35.5. The largest absolute Gasteiger partial charge is 0.478 e. The number of amides is 1. The van der Waals surface area contributed by atoms with Crippen LogP contribution in [0.25, 0.3) is 0 Å². The third-order valence-electron chi connectivity index (χ3n) is 3.69. The normalized spacial score (nSPS) is 20.6. The number of ether oxygens (including phenoxy) is 1. The highest BCUT2D eigenvalue weighted by molar-refractivity contribution is 6.30. The predicted molar refractivity (Wildman–Crippen MR) is 87.5 cm³/mol. The number of hydrogen-bond donors (Lipinski definition) is 0. The van der Waals surface area contributed by atoms with E-state index in [0.29, 0.717) is 23.2 Å². The van der Waals surface area contributed by atoms with Gasteiger partial charge in [-0.05, 0) is 29.8 Å². The van der Waals surface area contributed by atoms with Crippen LogP contribution in [0, 0.1) is 0 Å². The number of β-lactam (4-membered cyclic amide) rings is 1. The first-order chi connectivity index (χ1) is 10.7. The van der Waals surface area contributed by atoms with Gasteiger partial charge in [-0.3, -0.25) is 4.79 Å². The molecule has 2 atom stereocenters. The monoisotopic (exact) mass is 335 g/mol. The zero-order chi connectivity index (χ0) is 15.5. The Balaban J connectivity index is 1.84. The maximum Gasteiger partial charge on any atom is 0.266 e. The molecular weight excluding hydrogens is 321 g/mol. The lowest BCUT2D eigenvalue weighted by molar-refractivity contribution is -0.163. The van der Waals surface area contributed by atoms with Crippen molar-refractivity contribution in [2.24, 2.45) is 0 Å². The third kappa shape index (κ3) is 2.92. The van der Waals surface area contributed by atoms with Crippen molar-refractivity contribution in [3.8, 4) is 5.75 Å². The lowest BCUT2D eigenvalue weighted by atomic mass is 9.90. The van der Waals surface area contributed by atoms with Gasteiger partial charge in [0.2, 0.25) is 6.10 Å². The van der Waals surface area contributed by atoms with Crippen molar-refractivity contribution in [2.75, 3.05) is 12.4 Å². The summed E-state index contributed by atoms with van der Waals surface area (Å²) in [4.78, 5) is 14.1. The molecule has 1 heterocycles. The van der Waals surface area contributed by atoms with Crippen LogP contribution in [0.5, 0.6) is 5.75 Å². The molecule has 1 aliphatic heterocycles. The number of likely N-dealkylation sites (tertiary alicyclic amines) is 1. The van der Waals surface area contributed by atoms with E-state index >= 15 is 0 Å². The van der Waals surface area contributed by atoms with E-state index in [1.807, 2.05) is 54.6 Å². The Hall–Kier alpha value is -1.71. The van der Waals surface area contributed by atoms with Gasteiger partial charge in [-0.2, -0.15) is 0 Å². The summed E-state index contributed by atoms with van der Waals surface area (Å²) in [5.74, 6) is 1.04. The van der Waals surface area contributed by atoms with E-state index in [1.165, 1.54) is 0 Å². The minimum atomic E-state index is -0.521. The summed E-state index contributed by atoms with van der Waals surface area (Å²) >= 11 is 11.7. The SMILES string of the molecule is O=C1[C@@H](Oc2ccccc2)[C@@H](c2ccc(Cl)cc2)N1CCCl. The number of nitrogens with zero attached hydrogens (tertiary/aromatic N) is 1. The maximum atomic E-state index is 12.3. The van der Waals surface area contributed by atoms with Crippen molar-refractivity contribution in [1.82, 2.24) is 4.90 Å². The number of benzene rings is 2. The Labute approximate surface area is 139 Å². The second-order valence-corrected chi connectivity index (χ2v) is 5.88. The van der Waals surface area contributed by atoms with E-state index in [4.69, 9.17) is 27.9 Å². The van der Waals surface area contributed by atoms with Gasteiger partial charge < -0.3 is 9.64 Å². The van der Waals surface area contributed by atoms with Crippen LogP contribution in [0.2, 0.25) is 5.02 Å². The van der Waals surface area contributed by atoms with Crippen molar-refractivity contribution < 1.29 is 9.53 Å². The Kier molecular flexibility index (Phi) is 4.55. The molecule has 0 unspecified atom stereocenters. The van der Waals surface area contributed by atoms with Crippen molar-refractivity contribution >= 4 is 29.1 Å². The molecule has 3 rings (SSSR count). The molecule has 0 saturated carbocycles. The van der Waals surface area contributed by atoms with E-state index < -0.39 is 6.10 Å². The molecule has 3 nitrogen and oxygen atoms in total. The van der Waals surface area contributed by atoms with Gasteiger partial charge >= 0.3 is 0 Å². The number of alkyl halides is 1. The Morgan fingerprint density at radius 1 is 1.05 bits per heavy atom. The number of carbonyl (C=O) groups excluding carboxylic acids is 1. The van der Waals surface area contributed by atoms with E-state index in [-0.39, 0.29) is 11.9 Å². The lowest BCUT2D eigenvalue weighted by Crippen LogP contribution is -2.61. The molecule has 0 aliphatic carbocycles.